The number of nitrogens with one attached hydrogen (secondary N) is 2. The van der Waals surface area contributed by atoms with Crippen molar-refractivity contribution >= 4 is 44.7 Å². The Labute approximate surface area is 159 Å². The SMILES string of the molecule is Cc1[nH]nc2c1c(=O)n(CCCNCc1cccs1)c1ccc(Cl)cc21. The fraction of sp³-hybridized carbons (Fsp3) is 0.263. The molecular weight excluding hydrogens is 368 g/mol. The molecule has 0 aliphatic carbocycles. The summed E-state index contributed by atoms with van der Waals surface area (Å²) in [5.41, 5.74) is 2.35. The van der Waals surface area contributed by atoms with Crippen LogP contribution in [0.3, 0.4) is 0 Å². The number of thiophene rings is 1. The molecule has 0 amide bonds. The van der Waals surface area contributed by atoms with E-state index < -0.39 is 0 Å². The summed E-state index contributed by atoms with van der Waals surface area (Å²) in [6.07, 6.45) is 0.866. The van der Waals surface area contributed by atoms with Crippen LogP contribution in [0.4, 0.5) is 0 Å². The molecule has 7 heteroatoms. The van der Waals surface area contributed by atoms with Gasteiger partial charge in [-0.2, -0.15) is 5.10 Å². The van der Waals surface area contributed by atoms with Crippen molar-refractivity contribution < 1.29 is 0 Å². The van der Waals surface area contributed by atoms with Crippen LogP contribution in [0.5, 0.6) is 0 Å². The Kier molecular flexibility index (Phi) is 4.80. The molecule has 0 saturated heterocycles. The summed E-state index contributed by atoms with van der Waals surface area (Å²) < 4.78 is 1.84. The number of hydrogen-bond donors (Lipinski definition) is 2. The van der Waals surface area contributed by atoms with Crippen molar-refractivity contribution in [3.63, 3.8) is 0 Å². The quantitative estimate of drug-likeness (QED) is 0.491. The molecule has 5 nitrogen and oxygen atoms in total. The lowest BCUT2D eigenvalue weighted by Gasteiger charge is -2.12. The minimum Gasteiger partial charge on any atom is -0.312 e. The smallest absolute Gasteiger partial charge is 0.262 e. The molecule has 26 heavy (non-hydrogen) atoms. The maximum atomic E-state index is 13.0. The summed E-state index contributed by atoms with van der Waals surface area (Å²) >= 11 is 7.92. The number of H-pyrrole nitrogens is 1. The van der Waals surface area contributed by atoms with Crippen molar-refractivity contribution in [2.75, 3.05) is 6.54 Å². The standard InChI is InChI=1S/C19H19ClN4OS/c1-12-17-18(23-22-12)15-10-13(20)5-6-16(15)24(19(17)25)8-3-7-21-11-14-4-2-9-26-14/h2,4-6,9-10,21H,3,7-8,11H2,1H3,(H,22,23). The van der Waals surface area contributed by atoms with Crippen molar-refractivity contribution in [3.8, 4) is 0 Å². The van der Waals surface area contributed by atoms with E-state index in [1.54, 1.807) is 11.3 Å². The number of aryl methyl sites for hydroxylation is 2. The van der Waals surface area contributed by atoms with Gasteiger partial charge in [0.15, 0.2) is 0 Å². The number of fused-ring (bicyclic) bond motifs is 3. The molecule has 0 saturated carbocycles. The van der Waals surface area contributed by atoms with Gasteiger partial charge in [0.25, 0.3) is 5.56 Å². The molecule has 0 fully saturated rings. The third-order valence-electron chi connectivity index (χ3n) is 4.53. The van der Waals surface area contributed by atoms with Crippen LogP contribution in [0.1, 0.15) is 17.0 Å². The number of halogens is 1. The molecule has 0 unspecified atom stereocenters. The molecule has 3 aromatic heterocycles. The number of hydrogen-bond acceptors (Lipinski definition) is 4. The van der Waals surface area contributed by atoms with E-state index in [1.165, 1.54) is 4.88 Å². The van der Waals surface area contributed by atoms with Gasteiger partial charge >= 0.3 is 0 Å². The highest BCUT2D eigenvalue weighted by molar-refractivity contribution is 7.09. The van der Waals surface area contributed by atoms with E-state index >= 15 is 0 Å². The van der Waals surface area contributed by atoms with Crippen LogP contribution >= 0.6 is 22.9 Å². The minimum absolute atomic E-state index is 0.000621. The molecule has 4 aromatic rings. The fourth-order valence-corrected chi connectivity index (χ4v) is 4.12. The van der Waals surface area contributed by atoms with Crippen molar-refractivity contribution in [1.82, 2.24) is 20.1 Å². The van der Waals surface area contributed by atoms with E-state index in [0.717, 1.165) is 36.1 Å². The molecule has 0 radical (unpaired) electrons. The lowest BCUT2D eigenvalue weighted by Crippen LogP contribution is -2.23. The van der Waals surface area contributed by atoms with E-state index in [2.05, 4.69) is 33.0 Å². The lowest BCUT2D eigenvalue weighted by atomic mass is 10.1. The second kappa shape index (κ2) is 7.23. The average molecular weight is 387 g/mol. The number of aromatic nitrogens is 3. The Morgan fingerprint density at radius 1 is 1.35 bits per heavy atom. The van der Waals surface area contributed by atoms with Crippen LogP contribution < -0.4 is 10.9 Å². The van der Waals surface area contributed by atoms with Gasteiger partial charge in [-0.3, -0.25) is 9.89 Å². The molecule has 0 atom stereocenters. The number of rotatable bonds is 6. The van der Waals surface area contributed by atoms with Gasteiger partial charge in [0.2, 0.25) is 0 Å². The van der Waals surface area contributed by atoms with Gasteiger partial charge in [-0.05, 0) is 49.5 Å². The van der Waals surface area contributed by atoms with E-state index in [-0.39, 0.29) is 5.56 Å². The van der Waals surface area contributed by atoms with E-state index in [4.69, 9.17) is 11.6 Å². The maximum absolute atomic E-state index is 13.0. The van der Waals surface area contributed by atoms with Gasteiger partial charge in [0.1, 0.15) is 5.52 Å². The van der Waals surface area contributed by atoms with Crippen LogP contribution in [0, 0.1) is 6.92 Å². The van der Waals surface area contributed by atoms with Crippen LogP contribution in [-0.4, -0.2) is 21.3 Å². The molecule has 0 bridgehead atoms. The third-order valence-corrected chi connectivity index (χ3v) is 5.64. The summed E-state index contributed by atoms with van der Waals surface area (Å²) in [4.78, 5) is 14.3. The first-order chi connectivity index (χ1) is 12.6. The third kappa shape index (κ3) is 3.16. The van der Waals surface area contributed by atoms with Gasteiger partial charge in [-0.1, -0.05) is 17.7 Å². The Balaban J connectivity index is 1.61. The van der Waals surface area contributed by atoms with Crippen LogP contribution in [0.15, 0.2) is 40.5 Å². The van der Waals surface area contributed by atoms with Gasteiger partial charge in [0.05, 0.1) is 10.9 Å². The van der Waals surface area contributed by atoms with Crippen molar-refractivity contribution in [2.24, 2.45) is 0 Å². The molecule has 134 valence electrons. The summed E-state index contributed by atoms with van der Waals surface area (Å²) in [6.45, 7) is 4.24. The molecule has 4 rings (SSSR count). The lowest BCUT2D eigenvalue weighted by molar-refractivity contribution is 0.585. The normalized spacial score (nSPS) is 11.6. The number of aromatic amines is 1. The predicted molar refractivity (Wildman–Crippen MR) is 108 cm³/mol. The first-order valence-electron chi connectivity index (χ1n) is 8.55. The van der Waals surface area contributed by atoms with Gasteiger partial charge in [-0.15, -0.1) is 11.3 Å². The highest BCUT2D eigenvalue weighted by atomic mass is 35.5. The van der Waals surface area contributed by atoms with Crippen molar-refractivity contribution in [1.29, 1.82) is 0 Å². The van der Waals surface area contributed by atoms with Crippen molar-refractivity contribution in [2.45, 2.75) is 26.4 Å². The Bertz CT molecular complexity index is 1110. The minimum atomic E-state index is -0.000621. The summed E-state index contributed by atoms with van der Waals surface area (Å²) in [5, 5.41) is 15.0. The zero-order chi connectivity index (χ0) is 18.1. The zero-order valence-corrected chi connectivity index (χ0v) is 16.0. The van der Waals surface area contributed by atoms with Crippen LogP contribution in [0.2, 0.25) is 5.02 Å². The van der Waals surface area contributed by atoms with E-state index in [9.17, 15) is 4.79 Å². The molecule has 0 aliphatic rings. The molecular formula is C19H19ClN4OS. The average Bonchev–Trinajstić information content (AvgIpc) is 3.27. The molecule has 2 N–H and O–H groups in total. The maximum Gasteiger partial charge on any atom is 0.262 e. The second-order valence-corrected chi connectivity index (χ2v) is 7.77. The largest absolute Gasteiger partial charge is 0.312 e. The van der Waals surface area contributed by atoms with Gasteiger partial charge in [-0.25, -0.2) is 0 Å². The first-order valence-corrected chi connectivity index (χ1v) is 9.81. The van der Waals surface area contributed by atoms with Crippen LogP contribution in [0.25, 0.3) is 21.8 Å². The van der Waals surface area contributed by atoms with Gasteiger partial charge < -0.3 is 9.88 Å². The topological polar surface area (TPSA) is 62.7 Å². The summed E-state index contributed by atoms with van der Waals surface area (Å²) in [7, 11) is 0. The first kappa shape index (κ1) is 17.3. The highest BCUT2D eigenvalue weighted by Gasteiger charge is 2.15. The number of nitrogens with zero attached hydrogens (tertiary/aromatic N) is 2. The van der Waals surface area contributed by atoms with E-state index in [1.807, 2.05) is 29.7 Å². The van der Waals surface area contributed by atoms with Crippen molar-refractivity contribution in [3.05, 3.63) is 61.7 Å². The Morgan fingerprint density at radius 2 is 2.23 bits per heavy atom. The Morgan fingerprint density at radius 3 is 3.04 bits per heavy atom. The Hall–Kier alpha value is -2.15. The highest BCUT2D eigenvalue weighted by Crippen LogP contribution is 2.25. The number of pyridine rings is 1. The molecule has 3 heterocycles. The second-order valence-electron chi connectivity index (χ2n) is 6.30. The van der Waals surface area contributed by atoms with Crippen LogP contribution in [-0.2, 0) is 13.1 Å². The predicted octanol–water partition coefficient (Wildman–Crippen LogP) is 4.08. The monoisotopic (exact) mass is 386 g/mol. The summed E-state index contributed by atoms with van der Waals surface area (Å²) in [6, 6.07) is 9.78. The molecule has 0 aliphatic heterocycles. The summed E-state index contributed by atoms with van der Waals surface area (Å²) in [5.74, 6) is 0. The molecule has 0 spiro atoms. The zero-order valence-electron chi connectivity index (χ0n) is 14.4. The fourth-order valence-electron chi connectivity index (χ4n) is 3.27. The van der Waals surface area contributed by atoms with E-state index in [0.29, 0.717) is 22.5 Å². The number of benzene rings is 1. The van der Waals surface area contributed by atoms with Gasteiger partial charge in [0, 0.05) is 34.1 Å². The molecule has 1 aromatic carbocycles.